The molecule has 0 fully saturated rings. The zero-order valence-corrected chi connectivity index (χ0v) is 18.7. The van der Waals surface area contributed by atoms with E-state index in [1.165, 1.54) is 17.4 Å². The van der Waals surface area contributed by atoms with Crippen molar-refractivity contribution in [3.8, 4) is 6.07 Å². The molecule has 1 atom stereocenters. The highest BCUT2D eigenvalue weighted by Gasteiger charge is 2.28. The van der Waals surface area contributed by atoms with E-state index < -0.39 is 6.09 Å². The minimum Gasteiger partial charge on any atom is -0.446 e. The minimum atomic E-state index is -0.456. The maximum atomic E-state index is 12.3. The van der Waals surface area contributed by atoms with Crippen molar-refractivity contribution < 1.29 is 14.3 Å². The number of carbonyl (C=O) groups is 2. The minimum absolute atomic E-state index is 0.261. The molecule has 8 nitrogen and oxygen atoms in total. The molecule has 0 aromatic carbocycles. The van der Waals surface area contributed by atoms with Crippen molar-refractivity contribution in [2.75, 3.05) is 11.9 Å². The van der Waals surface area contributed by atoms with Crippen molar-refractivity contribution in [3.05, 3.63) is 63.2 Å². The highest BCUT2D eigenvalue weighted by Crippen LogP contribution is 2.38. The molecule has 3 heterocycles. The maximum Gasteiger partial charge on any atom is 0.407 e. The molecule has 3 aromatic heterocycles. The first-order chi connectivity index (χ1) is 15.6. The molecular weight excluding hydrogens is 446 g/mol. The van der Waals surface area contributed by atoms with Gasteiger partial charge in [-0.15, -0.1) is 22.7 Å². The number of alkyl carbamates (subject to hydrolysis) is 1. The van der Waals surface area contributed by atoms with Crippen molar-refractivity contribution >= 4 is 45.8 Å². The van der Waals surface area contributed by atoms with Crippen LogP contribution in [0.1, 0.15) is 27.3 Å². The quantitative estimate of drug-likeness (QED) is 0.514. The van der Waals surface area contributed by atoms with Crippen LogP contribution in [0.25, 0.3) is 6.08 Å². The fourth-order valence-corrected chi connectivity index (χ4v) is 5.34. The largest absolute Gasteiger partial charge is 0.446 e. The Morgan fingerprint density at radius 1 is 1.44 bits per heavy atom. The molecular formula is C22H21N5O3S2. The van der Waals surface area contributed by atoms with Gasteiger partial charge < -0.3 is 19.9 Å². The van der Waals surface area contributed by atoms with Crippen LogP contribution in [0.4, 0.5) is 9.80 Å². The number of amides is 2. The first-order valence-corrected chi connectivity index (χ1v) is 11.8. The summed E-state index contributed by atoms with van der Waals surface area (Å²) in [5.41, 5.74) is 1.45. The number of thiophene rings is 2. The number of anilines is 1. The van der Waals surface area contributed by atoms with Gasteiger partial charge in [-0.1, -0.05) is 6.07 Å². The number of fused-ring (bicyclic) bond motifs is 1. The van der Waals surface area contributed by atoms with Crippen molar-refractivity contribution in [1.82, 2.24) is 14.9 Å². The summed E-state index contributed by atoms with van der Waals surface area (Å²) < 4.78 is 7.43. The molecule has 164 valence electrons. The number of ether oxygens (including phenoxy) is 1. The number of hydrogen-bond donors (Lipinski definition) is 2. The lowest BCUT2D eigenvalue weighted by atomic mass is 9.94. The third-order valence-electron chi connectivity index (χ3n) is 4.98. The summed E-state index contributed by atoms with van der Waals surface area (Å²) in [4.78, 5) is 30.3. The van der Waals surface area contributed by atoms with E-state index in [0.29, 0.717) is 42.9 Å². The Morgan fingerprint density at radius 3 is 3.09 bits per heavy atom. The topological polar surface area (TPSA) is 109 Å². The van der Waals surface area contributed by atoms with E-state index in [1.54, 1.807) is 29.9 Å². The molecule has 2 N–H and O–H groups in total. The van der Waals surface area contributed by atoms with Gasteiger partial charge in [-0.25, -0.2) is 9.78 Å². The number of carbonyl (C=O) groups excluding carboxylic acids is 2. The lowest BCUT2D eigenvalue weighted by molar-refractivity contribution is -0.111. The molecule has 1 aliphatic rings. The molecule has 0 spiro atoms. The predicted octanol–water partition coefficient (Wildman–Crippen LogP) is 3.81. The molecule has 2 amide bonds. The molecule has 1 unspecified atom stereocenters. The van der Waals surface area contributed by atoms with Crippen LogP contribution in [0, 0.1) is 11.3 Å². The van der Waals surface area contributed by atoms with Crippen LogP contribution in [0.5, 0.6) is 0 Å². The van der Waals surface area contributed by atoms with Crippen LogP contribution < -0.4 is 10.6 Å². The van der Waals surface area contributed by atoms with Gasteiger partial charge in [0.05, 0.1) is 11.9 Å². The maximum absolute atomic E-state index is 12.3. The SMILES string of the molecule is N#Cc1c(NC(=O)/C=C/c2cccs2)sc2c1CCC(OC(=O)NCCn1ccnc1)C2. The van der Waals surface area contributed by atoms with Crippen molar-refractivity contribution in [3.63, 3.8) is 0 Å². The fourth-order valence-electron chi connectivity index (χ4n) is 3.46. The van der Waals surface area contributed by atoms with Crippen LogP contribution in [-0.4, -0.2) is 34.2 Å². The van der Waals surface area contributed by atoms with E-state index in [4.69, 9.17) is 4.74 Å². The van der Waals surface area contributed by atoms with Gasteiger partial charge in [0.15, 0.2) is 0 Å². The fraction of sp³-hybridized carbons (Fsp3) is 0.273. The van der Waals surface area contributed by atoms with Gasteiger partial charge in [0.2, 0.25) is 5.91 Å². The summed E-state index contributed by atoms with van der Waals surface area (Å²) in [6, 6.07) is 6.06. The molecule has 0 bridgehead atoms. The second-order valence-corrected chi connectivity index (χ2v) is 9.24. The standard InChI is InChI=1S/C22H21N5O3S2/c23-13-18-17-5-3-15(30-22(29)25-8-10-27-9-7-24-14-27)12-19(17)32-21(18)26-20(28)6-4-16-2-1-11-31-16/h1-2,4,6-7,9,11,14-15H,3,5,8,10,12H2,(H,25,29)(H,26,28)/b6-4+. The lowest BCUT2D eigenvalue weighted by Gasteiger charge is -2.22. The van der Waals surface area contributed by atoms with Crippen molar-refractivity contribution in [2.45, 2.75) is 31.9 Å². The number of hydrogen-bond acceptors (Lipinski definition) is 7. The van der Waals surface area contributed by atoms with Crippen LogP contribution in [0.3, 0.4) is 0 Å². The summed E-state index contributed by atoms with van der Waals surface area (Å²) in [7, 11) is 0. The van der Waals surface area contributed by atoms with E-state index in [-0.39, 0.29) is 12.0 Å². The normalized spacial score (nSPS) is 15.2. The Labute approximate surface area is 193 Å². The number of aromatic nitrogens is 2. The molecule has 0 saturated carbocycles. The van der Waals surface area contributed by atoms with Gasteiger partial charge in [0, 0.05) is 47.7 Å². The highest BCUT2D eigenvalue weighted by molar-refractivity contribution is 7.16. The molecule has 0 saturated heterocycles. The molecule has 1 aliphatic carbocycles. The summed E-state index contributed by atoms with van der Waals surface area (Å²) in [6.07, 6.45) is 9.49. The van der Waals surface area contributed by atoms with E-state index >= 15 is 0 Å². The zero-order valence-electron chi connectivity index (χ0n) is 17.1. The van der Waals surface area contributed by atoms with Crippen molar-refractivity contribution in [2.24, 2.45) is 0 Å². The summed E-state index contributed by atoms with van der Waals surface area (Å²) in [5.74, 6) is -0.279. The molecule has 0 aliphatic heterocycles. The monoisotopic (exact) mass is 467 g/mol. The van der Waals surface area contributed by atoms with Crippen molar-refractivity contribution in [1.29, 1.82) is 5.26 Å². The third-order valence-corrected chi connectivity index (χ3v) is 6.99. The molecule has 3 aromatic rings. The van der Waals surface area contributed by atoms with Gasteiger partial charge >= 0.3 is 6.09 Å². The van der Waals surface area contributed by atoms with Crippen LogP contribution in [-0.2, 0) is 28.9 Å². The highest BCUT2D eigenvalue weighted by atomic mass is 32.1. The second kappa shape index (κ2) is 10.3. The Hall–Kier alpha value is -3.42. The van der Waals surface area contributed by atoms with E-state index in [0.717, 1.165) is 15.3 Å². The Balaban J connectivity index is 1.33. The lowest BCUT2D eigenvalue weighted by Crippen LogP contribution is -2.33. The number of rotatable bonds is 7. The van der Waals surface area contributed by atoms with Gasteiger partial charge in [0.1, 0.15) is 17.2 Å². The molecule has 4 rings (SSSR count). The smallest absolute Gasteiger partial charge is 0.407 e. The summed E-state index contributed by atoms with van der Waals surface area (Å²) in [5, 5.41) is 17.7. The van der Waals surface area contributed by atoms with E-state index in [9.17, 15) is 14.9 Å². The average Bonchev–Trinajstić information content (AvgIpc) is 3.53. The van der Waals surface area contributed by atoms with Crippen LogP contribution >= 0.6 is 22.7 Å². The molecule has 10 heteroatoms. The second-order valence-electron chi connectivity index (χ2n) is 7.16. The first-order valence-electron chi connectivity index (χ1n) is 10.1. The van der Waals surface area contributed by atoms with E-state index in [1.807, 2.05) is 28.3 Å². The summed E-state index contributed by atoms with van der Waals surface area (Å²) in [6.45, 7) is 1.06. The Bertz CT molecular complexity index is 1140. The van der Waals surface area contributed by atoms with Crippen LogP contribution in [0.15, 0.2) is 42.3 Å². The molecule has 32 heavy (non-hydrogen) atoms. The Morgan fingerprint density at radius 2 is 2.34 bits per heavy atom. The number of nitriles is 1. The number of nitrogens with one attached hydrogen (secondary N) is 2. The molecule has 0 radical (unpaired) electrons. The van der Waals surface area contributed by atoms with Gasteiger partial charge in [0.25, 0.3) is 0 Å². The van der Waals surface area contributed by atoms with E-state index in [2.05, 4.69) is 21.7 Å². The number of imidazole rings is 1. The first kappa shape index (κ1) is 21.8. The van der Waals surface area contributed by atoms with Gasteiger partial charge in [-0.3, -0.25) is 4.79 Å². The third kappa shape index (κ3) is 5.43. The van der Waals surface area contributed by atoms with Crippen LogP contribution in [0.2, 0.25) is 0 Å². The van der Waals surface area contributed by atoms with Gasteiger partial charge in [-0.05, 0) is 35.9 Å². The number of nitrogens with zero attached hydrogens (tertiary/aromatic N) is 3. The average molecular weight is 468 g/mol. The zero-order chi connectivity index (χ0) is 22.3. The summed E-state index contributed by atoms with van der Waals surface area (Å²) >= 11 is 2.92. The Kier molecular flexibility index (Phi) is 6.99. The predicted molar refractivity (Wildman–Crippen MR) is 124 cm³/mol. The van der Waals surface area contributed by atoms with Gasteiger partial charge in [-0.2, -0.15) is 5.26 Å².